The lowest BCUT2D eigenvalue weighted by Gasteiger charge is -2.17. The van der Waals surface area contributed by atoms with Crippen LogP contribution in [0.2, 0.25) is 0 Å². The van der Waals surface area contributed by atoms with Crippen molar-refractivity contribution in [2.75, 3.05) is 30.5 Å². The van der Waals surface area contributed by atoms with Gasteiger partial charge < -0.3 is 24.8 Å². The molecule has 0 aromatic heterocycles. The Labute approximate surface area is 200 Å². The molecule has 0 atom stereocenters. The van der Waals surface area contributed by atoms with Gasteiger partial charge in [0.25, 0.3) is 11.8 Å². The van der Waals surface area contributed by atoms with E-state index >= 15 is 0 Å². The molecule has 0 radical (unpaired) electrons. The predicted molar refractivity (Wildman–Crippen MR) is 133 cm³/mol. The molecule has 34 heavy (non-hydrogen) atoms. The van der Waals surface area contributed by atoms with Crippen molar-refractivity contribution in [2.24, 2.45) is 0 Å². The van der Waals surface area contributed by atoms with Gasteiger partial charge in [-0.3, -0.25) is 9.59 Å². The molecule has 0 heterocycles. The van der Waals surface area contributed by atoms with Crippen LogP contribution in [0.3, 0.4) is 0 Å². The van der Waals surface area contributed by atoms with Crippen LogP contribution < -0.4 is 24.8 Å². The summed E-state index contributed by atoms with van der Waals surface area (Å²) in [6.07, 6.45) is 0. The minimum Gasteiger partial charge on any atom is -0.490 e. The molecule has 3 aromatic carbocycles. The Bertz CT molecular complexity index is 1120. The summed E-state index contributed by atoms with van der Waals surface area (Å²) >= 11 is 0. The number of ether oxygens (including phenoxy) is 3. The van der Waals surface area contributed by atoms with Gasteiger partial charge in [0.1, 0.15) is 0 Å². The summed E-state index contributed by atoms with van der Waals surface area (Å²) in [5, 5.41) is 5.72. The Morgan fingerprint density at radius 2 is 1.24 bits per heavy atom. The Hall–Kier alpha value is -4.00. The van der Waals surface area contributed by atoms with E-state index in [1.54, 1.807) is 36.4 Å². The minimum atomic E-state index is -0.332. The summed E-state index contributed by atoms with van der Waals surface area (Å²) in [5.41, 5.74) is 3.20. The highest BCUT2D eigenvalue weighted by molar-refractivity contribution is 6.06. The van der Waals surface area contributed by atoms with Gasteiger partial charge in [0.05, 0.1) is 19.8 Å². The number of hydrogen-bond donors (Lipinski definition) is 2. The zero-order valence-electron chi connectivity index (χ0n) is 19.9. The third kappa shape index (κ3) is 6.28. The number of carbonyl (C=O) groups is 2. The number of benzene rings is 3. The molecular weight excluding hydrogens is 432 g/mol. The van der Waals surface area contributed by atoms with Gasteiger partial charge in [-0.15, -0.1) is 0 Å². The molecule has 0 aliphatic rings. The highest BCUT2D eigenvalue weighted by Crippen LogP contribution is 2.39. The van der Waals surface area contributed by atoms with Gasteiger partial charge in [0, 0.05) is 22.5 Å². The van der Waals surface area contributed by atoms with Crippen molar-refractivity contribution < 1.29 is 23.8 Å². The third-order valence-electron chi connectivity index (χ3n) is 4.85. The van der Waals surface area contributed by atoms with Crippen molar-refractivity contribution >= 4 is 23.2 Å². The van der Waals surface area contributed by atoms with Gasteiger partial charge in [-0.1, -0.05) is 12.1 Å². The van der Waals surface area contributed by atoms with Gasteiger partial charge in [-0.2, -0.15) is 0 Å². The normalized spacial score (nSPS) is 10.4. The molecule has 0 saturated heterocycles. The number of nitrogens with one attached hydrogen (secondary N) is 2. The molecular formula is C27H30N2O5. The van der Waals surface area contributed by atoms with Crippen molar-refractivity contribution in [3.63, 3.8) is 0 Å². The van der Waals surface area contributed by atoms with E-state index in [1.165, 1.54) is 0 Å². The van der Waals surface area contributed by atoms with Crippen molar-refractivity contribution in [1.82, 2.24) is 0 Å². The smallest absolute Gasteiger partial charge is 0.255 e. The molecule has 7 nitrogen and oxygen atoms in total. The van der Waals surface area contributed by atoms with Crippen LogP contribution in [0, 0.1) is 6.92 Å². The fourth-order valence-electron chi connectivity index (χ4n) is 3.35. The van der Waals surface area contributed by atoms with Gasteiger partial charge in [0.15, 0.2) is 11.5 Å². The summed E-state index contributed by atoms with van der Waals surface area (Å²) in [7, 11) is 0. The summed E-state index contributed by atoms with van der Waals surface area (Å²) in [5.74, 6) is 0.818. The molecule has 7 heteroatoms. The van der Waals surface area contributed by atoms with E-state index in [0.717, 1.165) is 11.3 Å². The quantitative estimate of drug-likeness (QED) is 0.404. The summed E-state index contributed by atoms with van der Waals surface area (Å²) in [6.45, 7) is 8.84. The number of hydrogen-bond acceptors (Lipinski definition) is 5. The lowest BCUT2D eigenvalue weighted by atomic mass is 10.1. The number of anilines is 2. The summed E-state index contributed by atoms with van der Waals surface area (Å²) in [4.78, 5) is 25.5. The predicted octanol–water partition coefficient (Wildman–Crippen LogP) is 5.70. The summed E-state index contributed by atoms with van der Waals surface area (Å²) < 4.78 is 17.1. The zero-order valence-corrected chi connectivity index (χ0v) is 19.9. The first-order valence-electron chi connectivity index (χ1n) is 11.3. The number of carbonyl (C=O) groups excluding carboxylic acids is 2. The molecule has 0 spiro atoms. The Morgan fingerprint density at radius 3 is 1.79 bits per heavy atom. The lowest BCUT2D eigenvalue weighted by molar-refractivity contribution is 0.101. The average molecular weight is 463 g/mol. The van der Waals surface area contributed by atoms with Crippen LogP contribution >= 0.6 is 0 Å². The van der Waals surface area contributed by atoms with Crippen LogP contribution in [-0.4, -0.2) is 31.6 Å². The fraction of sp³-hybridized carbons (Fsp3) is 0.259. The number of rotatable bonds is 10. The zero-order chi connectivity index (χ0) is 24.5. The lowest BCUT2D eigenvalue weighted by Crippen LogP contribution is -2.14. The van der Waals surface area contributed by atoms with E-state index < -0.39 is 0 Å². The Balaban J connectivity index is 1.75. The van der Waals surface area contributed by atoms with Gasteiger partial charge in [-0.05, 0) is 81.8 Å². The molecule has 0 saturated carbocycles. The third-order valence-corrected chi connectivity index (χ3v) is 4.85. The molecule has 3 rings (SSSR count). The average Bonchev–Trinajstić information content (AvgIpc) is 2.81. The van der Waals surface area contributed by atoms with E-state index in [-0.39, 0.29) is 11.8 Å². The first-order chi connectivity index (χ1) is 16.4. The van der Waals surface area contributed by atoms with Crippen LogP contribution in [0.4, 0.5) is 11.4 Å². The van der Waals surface area contributed by atoms with Crippen molar-refractivity contribution in [3.05, 3.63) is 77.4 Å². The highest BCUT2D eigenvalue weighted by Gasteiger charge is 2.18. The Kier molecular flexibility index (Phi) is 8.51. The van der Waals surface area contributed by atoms with Crippen LogP contribution in [0.15, 0.2) is 60.7 Å². The van der Waals surface area contributed by atoms with Gasteiger partial charge in [0.2, 0.25) is 5.75 Å². The molecule has 0 unspecified atom stereocenters. The van der Waals surface area contributed by atoms with Crippen LogP contribution in [0.25, 0.3) is 0 Å². The first-order valence-corrected chi connectivity index (χ1v) is 11.3. The van der Waals surface area contributed by atoms with Crippen LogP contribution in [0.5, 0.6) is 17.2 Å². The molecule has 0 aliphatic carbocycles. The molecule has 0 fully saturated rings. The summed E-state index contributed by atoms with van der Waals surface area (Å²) in [6, 6.07) is 17.6. The highest BCUT2D eigenvalue weighted by atomic mass is 16.5. The molecule has 3 aromatic rings. The maximum atomic E-state index is 12.9. The topological polar surface area (TPSA) is 85.9 Å². The van der Waals surface area contributed by atoms with Crippen LogP contribution in [0.1, 0.15) is 47.1 Å². The van der Waals surface area contributed by atoms with Crippen molar-refractivity contribution in [2.45, 2.75) is 27.7 Å². The Morgan fingerprint density at radius 1 is 0.676 bits per heavy atom. The van der Waals surface area contributed by atoms with Crippen LogP contribution in [-0.2, 0) is 0 Å². The molecule has 0 bridgehead atoms. The second-order valence-electron chi connectivity index (χ2n) is 7.46. The maximum Gasteiger partial charge on any atom is 0.255 e. The van der Waals surface area contributed by atoms with Crippen molar-refractivity contribution in [1.29, 1.82) is 0 Å². The van der Waals surface area contributed by atoms with E-state index in [1.807, 2.05) is 52.0 Å². The maximum absolute atomic E-state index is 12.9. The first kappa shape index (κ1) is 24.6. The second-order valence-corrected chi connectivity index (χ2v) is 7.46. The van der Waals surface area contributed by atoms with E-state index in [9.17, 15) is 9.59 Å². The van der Waals surface area contributed by atoms with E-state index in [4.69, 9.17) is 14.2 Å². The number of amides is 2. The van der Waals surface area contributed by atoms with Crippen molar-refractivity contribution in [3.8, 4) is 17.2 Å². The fourth-order valence-corrected chi connectivity index (χ4v) is 3.35. The monoisotopic (exact) mass is 462 g/mol. The molecule has 178 valence electrons. The standard InChI is InChI=1S/C27H30N2O5/c1-5-32-23-16-20(17-24(33-6-2)25(23)34-7-3)27(31)28-21-13-11-19(12-14-21)26(30)29-22-10-8-9-18(4)15-22/h8-17H,5-7H2,1-4H3,(H,28,31)(H,29,30). The number of aryl methyl sites for hydroxylation is 1. The second kappa shape index (κ2) is 11.7. The largest absolute Gasteiger partial charge is 0.490 e. The molecule has 0 aliphatic heterocycles. The van der Waals surface area contributed by atoms with E-state index in [2.05, 4.69) is 10.6 Å². The van der Waals surface area contributed by atoms with Gasteiger partial charge in [-0.25, -0.2) is 0 Å². The molecule has 2 amide bonds. The molecule has 2 N–H and O–H groups in total. The van der Waals surface area contributed by atoms with Gasteiger partial charge >= 0.3 is 0 Å². The van der Waals surface area contributed by atoms with E-state index in [0.29, 0.717) is 53.9 Å². The minimum absolute atomic E-state index is 0.224. The SMILES string of the molecule is CCOc1cc(C(=O)Nc2ccc(C(=O)Nc3cccc(C)c3)cc2)cc(OCC)c1OCC.